The number of anilines is 1. The number of aliphatic hydroxyl groups is 1. The van der Waals surface area contributed by atoms with E-state index in [9.17, 15) is 18.3 Å². The third-order valence-electron chi connectivity index (χ3n) is 2.90. The highest BCUT2D eigenvalue weighted by Gasteiger charge is 2.36. The van der Waals surface area contributed by atoms with Crippen LogP contribution in [0.4, 0.5) is 19.0 Å². The van der Waals surface area contributed by atoms with Gasteiger partial charge in [0.1, 0.15) is 5.82 Å². The maximum Gasteiger partial charge on any atom is 0.419 e. The molecule has 0 amide bonds. The molecule has 7 heteroatoms. The van der Waals surface area contributed by atoms with E-state index in [1.807, 2.05) is 0 Å². The average molecular weight is 325 g/mol. The van der Waals surface area contributed by atoms with Crippen LogP contribution in [0.25, 0.3) is 0 Å². The molecule has 0 atom stereocenters. The highest BCUT2D eigenvalue weighted by Crippen LogP contribution is 2.37. The van der Waals surface area contributed by atoms with E-state index in [0.29, 0.717) is 30.4 Å². The van der Waals surface area contributed by atoms with Gasteiger partial charge in [-0.1, -0.05) is 0 Å². The SMILES string of the molecule is OC1CCN(c2ncc(Br)cc2C(F)(F)F)CC1. The van der Waals surface area contributed by atoms with E-state index in [4.69, 9.17) is 0 Å². The van der Waals surface area contributed by atoms with Crippen molar-refractivity contribution < 1.29 is 18.3 Å². The lowest BCUT2D eigenvalue weighted by molar-refractivity contribution is -0.137. The van der Waals surface area contributed by atoms with Crippen molar-refractivity contribution in [2.75, 3.05) is 18.0 Å². The van der Waals surface area contributed by atoms with E-state index in [-0.39, 0.29) is 5.82 Å². The van der Waals surface area contributed by atoms with Crippen molar-refractivity contribution in [3.8, 4) is 0 Å². The van der Waals surface area contributed by atoms with Crippen molar-refractivity contribution in [2.24, 2.45) is 0 Å². The molecule has 0 aliphatic carbocycles. The van der Waals surface area contributed by atoms with E-state index in [2.05, 4.69) is 20.9 Å². The van der Waals surface area contributed by atoms with E-state index in [1.165, 1.54) is 6.20 Å². The molecule has 2 rings (SSSR count). The number of aliphatic hydroxyl groups excluding tert-OH is 1. The van der Waals surface area contributed by atoms with Gasteiger partial charge in [-0.2, -0.15) is 13.2 Å². The number of hydrogen-bond donors (Lipinski definition) is 1. The Labute approximate surface area is 111 Å². The third-order valence-corrected chi connectivity index (χ3v) is 3.34. The molecule has 100 valence electrons. The summed E-state index contributed by atoms with van der Waals surface area (Å²) in [5.41, 5.74) is -0.742. The van der Waals surface area contributed by atoms with Crippen LogP contribution in [0.15, 0.2) is 16.7 Å². The lowest BCUT2D eigenvalue weighted by Crippen LogP contribution is -2.37. The zero-order valence-corrected chi connectivity index (χ0v) is 11.0. The Morgan fingerprint density at radius 2 is 1.94 bits per heavy atom. The standard InChI is InChI=1S/C11H12BrF3N2O/c12-7-5-9(11(13,14)15)10(16-6-7)17-3-1-8(18)2-4-17/h5-6,8,18H,1-4H2. The largest absolute Gasteiger partial charge is 0.419 e. The van der Waals surface area contributed by atoms with Gasteiger partial charge in [-0.3, -0.25) is 0 Å². The number of rotatable bonds is 1. The zero-order valence-electron chi connectivity index (χ0n) is 9.41. The molecule has 0 saturated carbocycles. The number of pyridine rings is 1. The van der Waals surface area contributed by atoms with Crippen molar-refractivity contribution in [3.05, 3.63) is 22.3 Å². The van der Waals surface area contributed by atoms with Crippen LogP contribution in [0.1, 0.15) is 18.4 Å². The van der Waals surface area contributed by atoms with Gasteiger partial charge in [0.15, 0.2) is 0 Å². The minimum Gasteiger partial charge on any atom is -0.393 e. The Kier molecular flexibility index (Phi) is 3.82. The Hall–Kier alpha value is -0.820. The summed E-state index contributed by atoms with van der Waals surface area (Å²) in [5, 5.41) is 9.37. The molecule has 18 heavy (non-hydrogen) atoms. The molecule has 1 aromatic rings. The van der Waals surface area contributed by atoms with Crippen molar-refractivity contribution in [3.63, 3.8) is 0 Å². The van der Waals surface area contributed by atoms with Gasteiger partial charge in [-0.05, 0) is 34.8 Å². The van der Waals surface area contributed by atoms with Gasteiger partial charge in [0.05, 0.1) is 11.7 Å². The van der Waals surface area contributed by atoms with Crippen molar-refractivity contribution >= 4 is 21.7 Å². The summed E-state index contributed by atoms with van der Waals surface area (Å²) in [6, 6.07) is 1.04. The maximum absolute atomic E-state index is 12.9. The molecule has 1 N–H and O–H groups in total. The van der Waals surface area contributed by atoms with E-state index in [1.54, 1.807) is 4.90 Å². The Balaban J connectivity index is 2.32. The summed E-state index contributed by atoms with van der Waals surface area (Å²) in [5.74, 6) is -0.0578. The fraction of sp³-hybridized carbons (Fsp3) is 0.545. The third kappa shape index (κ3) is 2.95. The molecule has 0 bridgehead atoms. The quantitative estimate of drug-likeness (QED) is 0.863. The number of aromatic nitrogens is 1. The predicted octanol–water partition coefficient (Wildman–Crippen LogP) is 2.82. The Morgan fingerprint density at radius 1 is 1.33 bits per heavy atom. The molecule has 3 nitrogen and oxygen atoms in total. The molecule has 0 unspecified atom stereocenters. The molecule has 1 fully saturated rings. The normalized spacial score (nSPS) is 18.2. The van der Waals surface area contributed by atoms with Crippen molar-refractivity contribution in [1.82, 2.24) is 4.98 Å². The van der Waals surface area contributed by atoms with Crippen LogP contribution in [0.5, 0.6) is 0 Å². The number of halogens is 4. The summed E-state index contributed by atoms with van der Waals surface area (Å²) in [7, 11) is 0. The van der Waals surface area contributed by atoms with Gasteiger partial charge in [0, 0.05) is 23.8 Å². The fourth-order valence-corrected chi connectivity index (χ4v) is 2.30. The van der Waals surface area contributed by atoms with Crippen molar-refractivity contribution in [2.45, 2.75) is 25.1 Å². The van der Waals surface area contributed by atoms with E-state index in [0.717, 1.165) is 6.07 Å². The minimum atomic E-state index is -4.43. The molecule has 1 saturated heterocycles. The monoisotopic (exact) mass is 324 g/mol. The van der Waals surface area contributed by atoms with Gasteiger partial charge in [0.2, 0.25) is 0 Å². The second-order valence-corrected chi connectivity index (χ2v) is 5.16. The lowest BCUT2D eigenvalue weighted by Gasteiger charge is -2.32. The van der Waals surface area contributed by atoms with E-state index < -0.39 is 17.8 Å². The van der Waals surface area contributed by atoms with Crippen molar-refractivity contribution in [1.29, 1.82) is 0 Å². The van der Waals surface area contributed by atoms with Crippen LogP contribution in [0.3, 0.4) is 0 Å². The molecule has 1 aliphatic heterocycles. The van der Waals surface area contributed by atoms with Crippen LogP contribution < -0.4 is 4.90 Å². The lowest BCUT2D eigenvalue weighted by atomic mass is 10.1. The minimum absolute atomic E-state index is 0.0578. The summed E-state index contributed by atoms with van der Waals surface area (Å²) >= 11 is 3.00. The fourth-order valence-electron chi connectivity index (χ4n) is 1.97. The van der Waals surface area contributed by atoms with Gasteiger partial charge < -0.3 is 10.0 Å². The van der Waals surface area contributed by atoms with Crippen LogP contribution >= 0.6 is 15.9 Å². The Bertz CT molecular complexity index is 431. The molecular weight excluding hydrogens is 313 g/mol. The Morgan fingerprint density at radius 3 is 2.50 bits per heavy atom. The van der Waals surface area contributed by atoms with Crippen LogP contribution in [-0.4, -0.2) is 29.3 Å². The molecule has 1 aromatic heterocycles. The summed E-state index contributed by atoms with van der Waals surface area (Å²) in [4.78, 5) is 5.44. The van der Waals surface area contributed by atoms with Gasteiger partial charge >= 0.3 is 6.18 Å². The van der Waals surface area contributed by atoms with Crippen LogP contribution in [0.2, 0.25) is 0 Å². The van der Waals surface area contributed by atoms with E-state index >= 15 is 0 Å². The molecular formula is C11H12BrF3N2O. The van der Waals surface area contributed by atoms with Gasteiger partial charge in [0.25, 0.3) is 0 Å². The zero-order chi connectivity index (χ0) is 13.3. The molecule has 0 aromatic carbocycles. The second-order valence-electron chi connectivity index (χ2n) is 4.24. The smallest absolute Gasteiger partial charge is 0.393 e. The molecule has 2 heterocycles. The maximum atomic E-state index is 12.9. The van der Waals surface area contributed by atoms with Crippen LogP contribution in [0, 0.1) is 0 Å². The first-order valence-electron chi connectivity index (χ1n) is 5.53. The first-order chi connectivity index (χ1) is 8.38. The van der Waals surface area contributed by atoms with Crippen LogP contribution in [-0.2, 0) is 6.18 Å². The average Bonchev–Trinajstić information content (AvgIpc) is 2.29. The summed E-state index contributed by atoms with van der Waals surface area (Å²) < 4.78 is 39.1. The first kappa shape index (κ1) is 13.6. The second kappa shape index (κ2) is 5.05. The summed E-state index contributed by atoms with van der Waals surface area (Å²) in [6.45, 7) is 0.776. The number of alkyl halides is 3. The van der Waals surface area contributed by atoms with Gasteiger partial charge in [-0.15, -0.1) is 0 Å². The van der Waals surface area contributed by atoms with Gasteiger partial charge in [-0.25, -0.2) is 4.98 Å². The highest BCUT2D eigenvalue weighted by atomic mass is 79.9. The molecule has 1 aliphatic rings. The molecule has 0 radical (unpaired) electrons. The number of piperidine rings is 1. The molecule has 0 spiro atoms. The predicted molar refractivity (Wildman–Crippen MR) is 64.4 cm³/mol. The number of nitrogens with zero attached hydrogens (tertiary/aromatic N) is 2. The highest BCUT2D eigenvalue weighted by molar-refractivity contribution is 9.10. The first-order valence-corrected chi connectivity index (χ1v) is 6.33. The topological polar surface area (TPSA) is 36.4 Å². The summed E-state index contributed by atoms with van der Waals surface area (Å²) in [6.07, 6.45) is -2.56. The number of hydrogen-bond acceptors (Lipinski definition) is 3.